The van der Waals surface area contributed by atoms with Crippen LogP contribution in [0.1, 0.15) is 44.7 Å². The van der Waals surface area contributed by atoms with Crippen LogP contribution < -0.4 is 9.64 Å². The Morgan fingerprint density at radius 2 is 1.78 bits per heavy atom. The lowest BCUT2D eigenvalue weighted by Crippen LogP contribution is -2.39. The predicted molar refractivity (Wildman–Crippen MR) is 128 cm³/mol. The Hall–Kier alpha value is -2.79. The van der Waals surface area contributed by atoms with Crippen molar-refractivity contribution in [3.8, 4) is 5.75 Å². The summed E-state index contributed by atoms with van der Waals surface area (Å²) in [7, 11) is 0. The van der Waals surface area contributed by atoms with Crippen molar-refractivity contribution in [2.45, 2.75) is 46.6 Å². The van der Waals surface area contributed by atoms with Gasteiger partial charge in [0.1, 0.15) is 11.4 Å². The normalized spacial score (nSPS) is 19.4. The quantitative estimate of drug-likeness (QED) is 0.566. The molecular weight excluding hydrogens is 424 g/mol. The Kier molecular flexibility index (Phi) is 6.29. The Morgan fingerprint density at radius 3 is 2.41 bits per heavy atom. The summed E-state index contributed by atoms with van der Waals surface area (Å²) in [6.07, 6.45) is 2.19. The van der Waals surface area contributed by atoms with E-state index in [4.69, 9.17) is 16.3 Å². The van der Waals surface area contributed by atoms with Crippen molar-refractivity contribution in [3.63, 3.8) is 0 Å². The Morgan fingerprint density at radius 1 is 1.06 bits per heavy atom. The fourth-order valence-electron chi connectivity index (χ4n) is 4.53. The number of likely N-dealkylation sites (tertiary alicyclic amines) is 1. The van der Waals surface area contributed by atoms with Gasteiger partial charge in [0.25, 0.3) is 11.8 Å². The second kappa shape index (κ2) is 8.99. The number of benzene rings is 2. The van der Waals surface area contributed by atoms with E-state index in [9.17, 15) is 9.59 Å². The molecule has 1 saturated heterocycles. The first-order valence-electron chi connectivity index (χ1n) is 11.2. The number of carbonyl (C=O) groups is 2. The molecule has 0 aliphatic carbocycles. The number of carbonyl (C=O) groups excluding carboxylic acids is 2. The lowest BCUT2D eigenvalue weighted by atomic mass is 9.97. The molecular formula is C26H29ClN2O3. The second-order valence-corrected chi connectivity index (χ2v) is 9.42. The van der Waals surface area contributed by atoms with Crippen LogP contribution in [0.15, 0.2) is 48.2 Å². The summed E-state index contributed by atoms with van der Waals surface area (Å²) < 4.78 is 5.75. The van der Waals surface area contributed by atoms with E-state index in [2.05, 4.69) is 11.8 Å². The van der Waals surface area contributed by atoms with Crippen LogP contribution in [0.5, 0.6) is 5.75 Å². The summed E-state index contributed by atoms with van der Waals surface area (Å²) in [4.78, 5) is 30.8. The van der Waals surface area contributed by atoms with Crippen LogP contribution in [0, 0.1) is 12.8 Å². The summed E-state index contributed by atoms with van der Waals surface area (Å²) >= 11 is 6.12. The molecule has 4 rings (SSSR count). The molecule has 5 nitrogen and oxygen atoms in total. The van der Waals surface area contributed by atoms with Crippen molar-refractivity contribution >= 4 is 34.7 Å². The van der Waals surface area contributed by atoms with E-state index in [0.717, 1.165) is 42.8 Å². The van der Waals surface area contributed by atoms with Crippen molar-refractivity contribution in [2.75, 3.05) is 18.0 Å². The van der Waals surface area contributed by atoms with Crippen molar-refractivity contribution in [1.29, 1.82) is 0 Å². The van der Waals surface area contributed by atoms with Gasteiger partial charge >= 0.3 is 0 Å². The maximum atomic E-state index is 13.7. The van der Waals surface area contributed by atoms with Crippen LogP contribution in [0.2, 0.25) is 5.02 Å². The highest BCUT2D eigenvalue weighted by molar-refractivity contribution is 6.45. The van der Waals surface area contributed by atoms with Gasteiger partial charge in [-0.25, -0.2) is 4.90 Å². The number of nitrogens with zero attached hydrogens (tertiary/aromatic N) is 2. The molecule has 2 aliphatic heterocycles. The molecule has 2 heterocycles. The number of hydrogen-bond acceptors (Lipinski definition) is 4. The Bertz CT molecular complexity index is 1070. The standard InChI is InChI=1S/C26H29ClN2O3/c1-16(2)32-21-10-7-19(8-11-21)23-24(28-13-5-6-17(3)15-28)26(31)29(25(23)30)22-12-9-20(27)14-18(22)4/h7-12,14,16-17H,5-6,13,15H2,1-4H3. The van der Waals surface area contributed by atoms with Gasteiger partial charge in [-0.05, 0) is 81.0 Å². The molecule has 1 fully saturated rings. The number of ether oxygens (including phenoxy) is 1. The second-order valence-electron chi connectivity index (χ2n) is 8.98. The Balaban J connectivity index is 1.79. The molecule has 0 radical (unpaired) electrons. The lowest BCUT2D eigenvalue weighted by molar-refractivity contribution is -0.120. The van der Waals surface area contributed by atoms with Gasteiger partial charge in [0, 0.05) is 18.1 Å². The van der Waals surface area contributed by atoms with E-state index in [1.165, 1.54) is 4.90 Å². The molecule has 2 aliphatic rings. The van der Waals surface area contributed by atoms with Gasteiger partial charge in [-0.3, -0.25) is 9.59 Å². The number of rotatable bonds is 5. The summed E-state index contributed by atoms with van der Waals surface area (Å²) in [5.41, 5.74) is 3.03. The third-order valence-electron chi connectivity index (χ3n) is 5.95. The maximum absolute atomic E-state index is 13.7. The predicted octanol–water partition coefficient (Wildman–Crippen LogP) is 5.45. The van der Waals surface area contributed by atoms with Crippen LogP contribution in [0.4, 0.5) is 5.69 Å². The Labute approximate surface area is 194 Å². The fraction of sp³-hybridized carbons (Fsp3) is 0.385. The molecule has 2 amide bonds. The highest BCUT2D eigenvalue weighted by Gasteiger charge is 2.43. The molecule has 0 spiro atoms. The summed E-state index contributed by atoms with van der Waals surface area (Å²) in [6.45, 7) is 9.52. The number of hydrogen-bond donors (Lipinski definition) is 0. The minimum atomic E-state index is -0.300. The van der Waals surface area contributed by atoms with E-state index in [1.807, 2.05) is 45.0 Å². The zero-order valence-corrected chi connectivity index (χ0v) is 19.8. The summed E-state index contributed by atoms with van der Waals surface area (Å²) in [6, 6.07) is 12.7. The van der Waals surface area contributed by atoms with Gasteiger partial charge in [0.15, 0.2) is 0 Å². The first-order valence-corrected chi connectivity index (χ1v) is 11.5. The highest BCUT2D eigenvalue weighted by atomic mass is 35.5. The average molecular weight is 453 g/mol. The summed E-state index contributed by atoms with van der Waals surface area (Å²) in [5, 5.41) is 0.573. The minimum absolute atomic E-state index is 0.0588. The van der Waals surface area contributed by atoms with E-state index < -0.39 is 0 Å². The van der Waals surface area contributed by atoms with Crippen molar-refractivity contribution < 1.29 is 14.3 Å². The zero-order chi connectivity index (χ0) is 23.0. The third-order valence-corrected chi connectivity index (χ3v) is 6.18. The molecule has 0 bridgehead atoms. The van der Waals surface area contributed by atoms with Crippen LogP contribution in [0.25, 0.3) is 5.57 Å². The van der Waals surface area contributed by atoms with Gasteiger partial charge in [0.2, 0.25) is 0 Å². The molecule has 0 aromatic heterocycles. The lowest BCUT2D eigenvalue weighted by Gasteiger charge is -2.33. The van der Waals surface area contributed by atoms with Gasteiger partial charge < -0.3 is 9.64 Å². The topological polar surface area (TPSA) is 49.9 Å². The molecule has 2 aromatic rings. The molecule has 6 heteroatoms. The minimum Gasteiger partial charge on any atom is -0.491 e. The number of amides is 2. The van der Waals surface area contributed by atoms with Crippen molar-refractivity contribution in [1.82, 2.24) is 4.90 Å². The SMILES string of the molecule is Cc1cc(Cl)ccc1N1C(=O)C(c2ccc(OC(C)C)cc2)=C(N2CCCC(C)C2)C1=O. The first kappa shape index (κ1) is 22.4. The van der Waals surface area contributed by atoms with Crippen molar-refractivity contribution in [2.24, 2.45) is 5.92 Å². The van der Waals surface area contributed by atoms with Gasteiger partial charge in [-0.15, -0.1) is 0 Å². The van der Waals surface area contributed by atoms with Crippen LogP contribution in [-0.4, -0.2) is 35.9 Å². The average Bonchev–Trinajstić information content (AvgIpc) is 2.99. The van der Waals surface area contributed by atoms with Crippen LogP contribution >= 0.6 is 11.6 Å². The van der Waals surface area contributed by atoms with Gasteiger partial charge in [-0.2, -0.15) is 0 Å². The van der Waals surface area contributed by atoms with Gasteiger partial charge in [-0.1, -0.05) is 30.7 Å². The number of anilines is 1. The van der Waals surface area contributed by atoms with Crippen LogP contribution in [0.3, 0.4) is 0 Å². The van der Waals surface area contributed by atoms with E-state index >= 15 is 0 Å². The number of imide groups is 1. The molecule has 2 aromatic carbocycles. The summed E-state index contributed by atoms with van der Waals surface area (Å²) in [5.74, 6) is 0.631. The zero-order valence-electron chi connectivity index (χ0n) is 19.0. The van der Waals surface area contributed by atoms with Gasteiger partial charge in [0.05, 0.1) is 17.4 Å². The monoisotopic (exact) mass is 452 g/mol. The highest BCUT2D eigenvalue weighted by Crippen LogP contribution is 2.38. The number of aryl methyl sites for hydroxylation is 1. The fourth-order valence-corrected chi connectivity index (χ4v) is 4.75. The van der Waals surface area contributed by atoms with E-state index in [1.54, 1.807) is 18.2 Å². The largest absolute Gasteiger partial charge is 0.491 e. The maximum Gasteiger partial charge on any atom is 0.282 e. The third kappa shape index (κ3) is 4.26. The first-order chi connectivity index (χ1) is 15.3. The van der Waals surface area contributed by atoms with E-state index in [0.29, 0.717) is 27.9 Å². The number of piperidine rings is 1. The molecule has 1 unspecified atom stereocenters. The molecule has 32 heavy (non-hydrogen) atoms. The molecule has 0 N–H and O–H groups in total. The number of halogens is 1. The van der Waals surface area contributed by atoms with Crippen LogP contribution in [-0.2, 0) is 9.59 Å². The smallest absolute Gasteiger partial charge is 0.282 e. The van der Waals surface area contributed by atoms with Crippen molar-refractivity contribution in [3.05, 3.63) is 64.3 Å². The molecule has 1 atom stereocenters. The molecule has 0 saturated carbocycles. The molecule has 168 valence electrons. The van der Waals surface area contributed by atoms with E-state index in [-0.39, 0.29) is 17.9 Å².